The summed E-state index contributed by atoms with van der Waals surface area (Å²) in [7, 11) is 0. The molecular formula is C6H10Cl2O2. The smallest absolute Gasteiger partial charge is 0.290 e. The van der Waals surface area contributed by atoms with Gasteiger partial charge in [0.05, 0.1) is 5.38 Å². The van der Waals surface area contributed by atoms with Crippen LogP contribution in [0.15, 0.2) is 11.0 Å². The quantitative estimate of drug-likeness (QED) is 0.524. The third-order valence-electron chi connectivity index (χ3n) is 1.03. The molecule has 1 unspecified atom stereocenters. The summed E-state index contributed by atoms with van der Waals surface area (Å²) in [6.45, 7) is 1.94. The van der Waals surface area contributed by atoms with Crippen LogP contribution in [0.4, 0.5) is 0 Å². The van der Waals surface area contributed by atoms with Crippen molar-refractivity contribution >= 4 is 23.2 Å². The first-order valence-electron chi connectivity index (χ1n) is 3.01. The second-order valence-corrected chi connectivity index (χ2v) is 2.86. The third-order valence-corrected chi connectivity index (χ3v) is 2.01. The normalized spacial score (nSPS) is 12.7. The molecule has 0 radical (unpaired) electrons. The lowest BCUT2D eigenvalue weighted by Gasteiger charge is -2.04. The van der Waals surface area contributed by atoms with Crippen molar-refractivity contribution in [3.05, 3.63) is 11.0 Å². The molecule has 10 heavy (non-hydrogen) atoms. The number of allylic oxidation sites excluding steroid dienone is 1. The SMILES string of the molecule is CCCC(Cl)C(Cl)=C(O)O. The maximum Gasteiger partial charge on any atom is 0.290 e. The van der Waals surface area contributed by atoms with Gasteiger partial charge in [-0.15, -0.1) is 11.6 Å². The largest absolute Gasteiger partial charge is 0.480 e. The number of halogens is 2. The van der Waals surface area contributed by atoms with E-state index in [2.05, 4.69) is 0 Å². The lowest BCUT2D eigenvalue weighted by Crippen LogP contribution is -2.00. The molecule has 0 aromatic heterocycles. The molecule has 0 spiro atoms. The Hall–Kier alpha value is -0.0800. The zero-order valence-electron chi connectivity index (χ0n) is 5.64. The van der Waals surface area contributed by atoms with E-state index in [1.807, 2.05) is 6.92 Å². The Kier molecular flexibility index (Phi) is 4.65. The fourth-order valence-corrected chi connectivity index (χ4v) is 0.945. The van der Waals surface area contributed by atoms with Gasteiger partial charge >= 0.3 is 0 Å². The van der Waals surface area contributed by atoms with Crippen LogP contribution >= 0.6 is 23.2 Å². The van der Waals surface area contributed by atoms with Crippen molar-refractivity contribution in [1.29, 1.82) is 0 Å². The van der Waals surface area contributed by atoms with Crippen LogP contribution in [0.3, 0.4) is 0 Å². The van der Waals surface area contributed by atoms with E-state index in [1.165, 1.54) is 0 Å². The predicted octanol–water partition coefficient (Wildman–Crippen LogP) is 2.92. The number of hydrogen-bond donors (Lipinski definition) is 2. The molecule has 2 N–H and O–H groups in total. The Morgan fingerprint density at radius 1 is 1.50 bits per heavy atom. The maximum absolute atomic E-state index is 8.44. The van der Waals surface area contributed by atoms with Crippen LogP contribution < -0.4 is 0 Å². The first kappa shape index (κ1) is 9.92. The van der Waals surface area contributed by atoms with Gasteiger partial charge in [-0.2, -0.15) is 0 Å². The van der Waals surface area contributed by atoms with Crippen molar-refractivity contribution in [1.82, 2.24) is 0 Å². The van der Waals surface area contributed by atoms with Crippen molar-refractivity contribution in [3.8, 4) is 0 Å². The Labute approximate surface area is 70.1 Å². The molecule has 0 rings (SSSR count). The Morgan fingerprint density at radius 3 is 2.30 bits per heavy atom. The average molecular weight is 185 g/mol. The van der Waals surface area contributed by atoms with Crippen molar-refractivity contribution in [2.45, 2.75) is 25.1 Å². The van der Waals surface area contributed by atoms with Crippen LogP contribution in [0.25, 0.3) is 0 Å². The van der Waals surface area contributed by atoms with E-state index < -0.39 is 11.3 Å². The summed E-state index contributed by atoms with van der Waals surface area (Å²) in [5.74, 6) is -0.880. The van der Waals surface area contributed by atoms with E-state index in [9.17, 15) is 0 Å². The van der Waals surface area contributed by atoms with Gasteiger partial charge in [-0.1, -0.05) is 24.9 Å². The molecule has 2 nitrogen and oxygen atoms in total. The first-order valence-corrected chi connectivity index (χ1v) is 3.82. The molecule has 0 heterocycles. The maximum atomic E-state index is 8.44. The van der Waals surface area contributed by atoms with Crippen molar-refractivity contribution < 1.29 is 10.2 Å². The summed E-state index contributed by atoms with van der Waals surface area (Å²) >= 11 is 11.0. The number of aliphatic hydroxyl groups excluding tert-OH is 1. The van der Waals surface area contributed by atoms with Crippen LogP contribution in [0, 0.1) is 0 Å². The second kappa shape index (κ2) is 4.69. The molecule has 1 atom stereocenters. The molecule has 0 aliphatic heterocycles. The standard InChI is InChI=1S/C6H10Cl2O2/c1-2-3-4(7)5(8)6(9)10/h4,9-10H,2-3H2,1H3. The highest BCUT2D eigenvalue weighted by atomic mass is 35.5. The Morgan fingerprint density at radius 2 is 2.00 bits per heavy atom. The number of hydrogen-bond acceptors (Lipinski definition) is 2. The summed E-state index contributed by atoms with van der Waals surface area (Å²) in [6.07, 6.45) is 1.50. The van der Waals surface area contributed by atoms with Crippen LogP contribution in [0.1, 0.15) is 19.8 Å². The summed E-state index contributed by atoms with van der Waals surface area (Å²) < 4.78 is 0. The average Bonchev–Trinajstić information content (AvgIpc) is 1.87. The highest BCUT2D eigenvalue weighted by Crippen LogP contribution is 2.20. The van der Waals surface area contributed by atoms with E-state index in [0.717, 1.165) is 6.42 Å². The monoisotopic (exact) mass is 184 g/mol. The highest BCUT2D eigenvalue weighted by molar-refractivity contribution is 6.37. The van der Waals surface area contributed by atoms with Gasteiger partial charge in [-0.25, -0.2) is 0 Å². The molecule has 0 saturated carbocycles. The predicted molar refractivity (Wildman–Crippen MR) is 42.7 cm³/mol. The van der Waals surface area contributed by atoms with E-state index >= 15 is 0 Å². The van der Waals surface area contributed by atoms with Gasteiger partial charge in [0.25, 0.3) is 5.95 Å². The number of aliphatic hydroxyl groups is 2. The van der Waals surface area contributed by atoms with Gasteiger partial charge in [0.1, 0.15) is 5.03 Å². The minimum atomic E-state index is -0.880. The zero-order valence-corrected chi connectivity index (χ0v) is 7.15. The van der Waals surface area contributed by atoms with Crippen LogP contribution in [-0.4, -0.2) is 15.6 Å². The molecule has 0 amide bonds. The molecule has 0 aromatic rings. The molecule has 0 fully saturated rings. The van der Waals surface area contributed by atoms with Gasteiger partial charge in [-0.3, -0.25) is 0 Å². The Bertz CT molecular complexity index is 130. The lowest BCUT2D eigenvalue weighted by molar-refractivity contribution is 0.187. The van der Waals surface area contributed by atoms with E-state index in [1.54, 1.807) is 0 Å². The first-order chi connectivity index (χ1) is 4.59. The van der Waals surface area contributed by atoms with Gasteiger partial charge < -0.3 is 10.2 Å². The van der Waals surface area contributed by atoms with Crippen LogP contribution in [0.2, 0.25) is 0 Å². The van der Waals surface area contributed by atoms with Crippen molar-refractivity contribution in [3.63, 3.8) is 0 Å². The van der Waals surface area contributed by atoms with Gasteiger partial charge in [0.2, 0.25) is 0 Å². The molecular weight excluding hydrogens is 175 g/mol. The van der Waals surface area contributed by atoms with Gasteiger partial charge in [0.15, 0.2) is 0 Å². The number of alkyl halides is 1. The van der Waals surface area contributed by atoms with Crippen molar-refractivity contribution in [2.75, 3.05) is 0 Å². The molecule has 4 heteroatoms. The summed E-state index contributed by atoms with van der Waals surface area (Å²) in [4.78, 5) is 0. The zero-order chi connectivity index (χ0) is 8.15. The lowest BCUT2D eigenvalue weighted by atomic mass is 10.2. The van der Waals surface area contributed by atoms with Crippen LogP contribution in [-0.2, 0) is 0 Å². The highest BCUT2D eigenvalue weighted by Gasteiger charge is 2.12. The van der Waals surface area contributed by atoms with Crippen molar-refractivity contribution in [2.24, 2.45) is 0 Å². The number of rotatable bonds is 3. The molecule has 0 bridgehead atoms. The van der Waals surface area contributed by atoms with E-state index in [4.69, 9.17) is 33.4 Å². The fraction of sp³-hybridized carbons (Fsp3) is 0.667. The molecule has 0 aliphatic carbocycles. The van der Waals surface area contributed by atoms with Crippen LogP contribution in [0.5, 0.6) is 0 Å². The third kappa shape index (κ3) is 3.18. The summed E-state index contributed by atoms with van der Waals surface area (Å²) in [5.41, 5.74) is 0. The molecule has 60 valence electrons. The molecule has 0 aromatic carbocycles. The second-order valence-electron chi connectivity index (χ2n) is 1.93. The van der Waals surface area contributed by atoms with E-state index in [0.29, 0.717) is 6.42 Å². The van der Waals surface area contributed by atoms with Gasteiger partial charge in [0, 0.05) is 0 Å². The van der Waals surface area contributed by atoms with E-state index in [-0.39, 0.29) is 5.03 Å². The minimum absolute atomic E-state index is 0.0801. The van der Waals surface area contributed by atoms with Gasteiger partial charge in [-0.05, 0) is 6.42 Å². The fourth-order valence-electron chi connectivity index (χ4n) is 0.520. The minimum Gasteiger partial charge on any atom is -0.480 e. The topological polar surface area (TPSA) is 40.5 Å². The molecule has 0 aliphatic rings. The Balaban J connectivity index is 3.94. The molecule has 0 saturated heterocycles. The summed E-state index contributed by atoms with van der Waals surface area (Å²) in [6, 6.07) is 0. The summed E-state index contributed by atoms with van der Waals surface area (Å²) in [5, 5.41) is 16.3.